The maximum absolute atomic E-state index is 12.7. The highest BCUT2D eigenvalue weighted by Gasteiger charge is 2.31. The molecule has 1 saturated heterocycles. The Labute approximate surface area is 156 Å². The molecule has 2 aliphatic heterocycles. The average molecular weight is 377 g/mol. The number of benzene rings is 1. The largest absolute Gasteiger partial charge is 0.416 e. The highest BCUT2D eigenvalue weighted by molar-refractivity contribution is 6.11. The zero-order valence-corrected chi connectivity index (χ0v) is 15.1. The molecule has 1 fully saturated rings. The van der Waals surface area contributed by atoms with Gasteiger partial charge in [-0.05, 0) is 49.9 Å². The first-order valence-electron chi connectivity index (χ1n) is 9.42. The number of hydrogen-bond acceptors (Lipinski definition) is 4. The Kier molecular flexibility index (Phi) is 4.70. The highest BCUT2D eigenvalue weighted by Crippen LogP contribution is 2.32. The van der Waals surface area contributed by atoms with Crippen LogP contribution in [0.15, 0.2) is 40.5 Å². The number of rotatable bonds is 1. The van der Waals surface area contributed by atoms with Gasteiger partial charge in [-0.25, -0.2) is 4.99 Å². The van der Waals surface area contributed by atoms with Gasteiger partial charge < -0.3 is 9.80 Å². The van der Waals surface area contributed by atoms with Gasteiger partial charge in [0.05, 0.1) is 12.0 Å². The van der Waals surface area contributed by atoms with Crippen molar-refractivity contribution in [1.82, 2.24) is 4.90 Å². The van der Waals surface area contributed by atoms with Crippen molar-refractivity contribution in [2.24, 2.45) is 4.99 Å². The summed E-state index contributed by atoms with van der Waals surface area (Å²) in [4.78, 5) is 21.4. The first-order valence-corrected chi connectivity index (χ1v) is 9.42. The number of carbonyl (C=O) groups excluding carboxylic acids is 1. The van der Waals surface area contributed by atoms with Gasteiger partial charge in [0.15, 0.2) is 5.78 Å². The summed E-state index contributed by atoms with van der Waals surface area (Å²) in [5, 5.41) is 0. The Hall–Kier alpha value is -2.31. The third kappa shape index (κ3) is 3.73. The topological polar surface area (TPSA) is 35.9 Å². The lowest BCUT2D eigenvalue weighted by atomic mass is 9.90. The lowest BCUT2D eigenvalue weighted by Gasteiger charge is -2.38. The summed E-state index contributed by atoms with van der Waals surface area (Å²) >= 11 is 0. The second-order valence-corrected chi connectivity index (χ2v) is 7.28. The zero-order valence-electron chi connectivity index (χ0n) is 15.1. The predicted molar refractivity (Wildman–Crippen MR) is 97.8 cm³/mol. The van der Waals surface area contributed by atoms with Crippen molar-refractivity contribution < 1.29 is 18.0 Å². The van der Waals surface area contributed by atoms with Gasteiger partial charge in [-0.15, -0.1) is 0 Å². The van der Waals surface area contributed by atoms with E-state index in [1.807, 2.05) is 0 Å². The molecular formula is C20H22F3N3O. The predicted octanol–water partition coefficient (Wildman–Crippen LogP) is 4.03. The summed E-state index contributed by atoms with van der Waals surface area (Å²) < 4.78 is 38.1. The van der Waals surface area contributed by atoms with E-state index in [0.29, 0.717) is 19.5 Å². The van der Waals surface area contributed by atoms with Crippen LogP contribution in [0, 0.1) is 0 Å². The molecule has 0 radical (unpaired) electrons. The summed E-state index contributed by atoms with van der Waals surface area (Å²) in [6, 6.07) is 5.31. The van der Waals surface area contributed by atoms with Gasteiger partial charge >= 0.3 is 6.18 Å². The van der Waals surface area contributed by atoms with Gasteiger partial charge in [0.1, 0.15) is 5.84 Å². The summed E-state index contributed by atoms with van der Waals surface area (Å²) in [6.45, 7) is 2.83. The quantitative estimate of drug-likeness (QED) is 0.741. The molecule has 1 aromatic carbocycles. The maximum atomic E-state index is 12.7. The van der Waals surface area contributed by atoms with E-state index in [-0.39, 0.29) is 5.78 Å². The minimum Gasteiger partial charge on any atom is -0.368 e. The molecule has 0 amide bonds. The van der Waals surface area contributed by atoms with Crippen LogP contribution < -0.4 is 4.90 Å². The number of aliphatic imine (C=N–C) groups is 1. The molecular weight excluding hydrogens is 355 g/mol. The normalized spacial score (nSPS) is 21.3. The van der Waals surface area contributed by atoms with Crippen molar-refractivity contribution in [2.45, 2.75) is 38.3 Å². The summed E-state index contributed by atoms with van der Waals surface area (Å²) in [7, 11) is 0. The molecule has 3 aliphatic rings. The monoisotopic (exact) mass is 377 g/mol. The van der Waals surface area contributed by atoms with Crippen molar-refractivity contribution in [2.75, 3.05) is 31.1 Å². The van der Waals surface area contributed by atoms with Crippen LogP contribution in [0.5, 0.6) is 0 Å². The van der Waals surface area contributed by atoms with Crippen molar-refractivity contribution >= 4 is 17.3 Å². The molecule has 1 aliphatic carbocycles. The van der Waals surface area contributed by atoms with Gasteiger partial charge in [-0.3, -0.25) is 4.79 Å². The third-order valence-corrected chi connectivity index (χ3v) is 5.56. The standard InChI is InChI=1S/C20H22F3N3O/c21-20(22,23)14-5-7-15(8-6-14)25-9-11-26(12-10-25)19-13-18(27)16-3-1-2-4-17(16)24-19/h5-8H,1-4,9-13H2. The molecule has 7 heteroatoms. The lowest BCUT2D eigenvalue weighted by Crippen LogP contribution is -2.49. The van der Waals surface area contributed by atoms with Crippen LogP contribution in [-0.2, 0) is 11.0 Å². The number of Topliss-reactive ketones (excluding diaryl/α,β-unsaturated/α-hetero) is 1. The van der Waals surface area contributed by atoms with E-state index in [9.17, 15) is 18.0 Å². The molecule has 0 aromatic heterocycles. The smallest absolute Gasteiger partial charge is 0.368 e. The molecule has 4 nitrogen and oxygen atoms in total. The number of allylic oxidation sites excluding steroid dienone is 2. The van der Waals surface area contributed by atoms with Gasteiger partial charge in [-0.2, -0.15) is 13.2 Å². The summed E-state index contributed by atoms with van der Waals surface area (Å²) in [5.41, 5.74) is 2.06. The fraction of sp³-hybridized carbons (Fsp3) is 0.500. The fourth-order valence-electron chi connectivity index (χ4n) is 4.03. The van der Waals surface area contributed by atoms with E-state index in [0.717, 1.165) is 73.7 Å². The van der Waals surface area contributed by atoms with Crippen molar-refractivity contribution in [3.05, 3.63) is 41.1 Å². The third-order valence-electron chi connectivity index (χ3n) is 5.56. The van der Waals surface area contributed by atoms with E-state index < -0.39 is 11.7 Å². The van der Waals surface area contributed by atoms with Crippen LogP contribution in [0.2, 0.25) is 0 Å². The van der Waals surface area contributed by atoms with Gasteiger partial charge in [0.2, 0.25) is 0 Å². The lowest BCUT2D eigenvalue weighted by molar-refractivity contribution is -0.137. The average Bonchev–Trinajstić information content (AvgIpc) is 2.67. The van der Waals surface area contributed by atoms with Crippen molar-refractivity contribution in [1.29, 1.82) is 0 Å². The Bertz CT molecular complexity index is 788. The van der Waals surface area contributed by atoms with E-state index in [2.05, 4.69) is 9.80 Å². The highest BCUT2D eigenvalue weighted by atomic mass is 19.4. The van der Waals surface area contributed by atoms with Gasteiger partial charge in [-0.1, -0.05) is 0 Å². The zero-order chi connectivity index (χ0) is 19.0. The molecule has 0 N–H and O–H groups in total. The molecule has 27 heavy (non-hydrogen) atoms. The first-order chi connectivity index (χ1) is 12.9. The van der Waals surface area contributed by atoms with Crippen LogP contribution in [0.25, 0.3) is 0 Å². The Morgan fingerprint density at radius 3 is 2.19 bits per heavy atom. The number of hydrogen-bond donors (Lipinski definition) is 0. The van der Waals surface area contributed by atoms with E-state index in [4.69, 9.17) is 4.99 Å². The van der Waals surface area contributed by atoms with E-state index >= 15 is 0 Å². The first kappa shape index (κ1) is 18.1. The second-order valence-electron chi connectivity index (χ2n) is 7.28. The minimum atomic E-state index is -4.31. The molecule has 0 saturated carbocycles. The van der Waals surface area contributed by atoms with Crippen molar-refractivity contribution in [3.63, 3.8) is 0 Å². The Morgan fingerprint density at radius 2 is 1.52 bits per heavy atom. The maximum Gasteiger partial charge on any atom is 0.416 e. The van der Waals surface area contributed by atoms with Crippen molar-refractivity contribution in [3.8, 4) is 0 Å². The van der Waals surface area contributed by atoms with Gasteiger partial charge in [0, 0.05) is 43.1 Å². The number of ketones is 1. The number of anilines is 1. The van der Waals surface area contributed by atoms with Gasteiger partial charge in [0.25, 0.3) is 0 Å². The van der Waals surface area contributed by atoms with Crippen LogP contribution in [0.4, 0.5) is 18.9 Å². The number of nitrogens with zero attached hydrogens (tertiary/aromatic N) is 3. The summed E-state index contributed by atoms with van der Waals surface area (Å²) in [5.74, 6) is 1.06. The van der Waals surface area contributed by atoms with Crippen LogP contribution in [0.3, 0.4) is 0 Å². The number of piperazine rings is 1. The summed E-state index contributed by atoms with van der Waals surface area (Å²) in [6.07, 6.45) is -0.0385. The molecule has 4 rings (SSSR count). The number of halogens is 3. The van der Waals surface area contributed by atoms with E-state index in [1.165, 1.54) is 12.1 Å². The molecule has 0 unspecified atom stereocenters. The number of alkyl halides is 3. The molecule has 0 atom stereocenters. The number of amidine groups is 1. The molecule has 0 spiro atoms. The molecule has 2 heterocycles. The molecule has 0 bridgehead atoms. The number of carbonyl (C=O) groups is 1. The minimum absolute atomic E-state index is 0.208. The van der Waals surface area contributed by atoms with Crippen LogP contribution in [-0.4, -0.2) is 42.7 Å². The second kappa shape index (κ2) is 7.02. The van der Waals surface area contributed by atoms with Crippen LogP contribution in [0.1, 0.15) is 37.7 Å². The molecule has 1 aromatic rings. The Morgan fingerprint density at radius 1 is 0.889 bits per heavy atom. The SMILES string of the molecule is O=C1CC(N2CCN(c3ccc(C(F)(F)F)cc3)CC2)=NC2=C1CCCC2. The molecule has 144 valence electrons. The van der Waals surface area contributed by atoms with E-state index in [1.54, 1.807) is 0 Å². The Balaban J connectivity index is 1.41. The van der Waals surface area contributed by atoms with Crippen LogP contribution >= 0.6 is 0 Å². The fourth-order valence-corrected chi connectivity index (χ4v) is 4.03.